The SMILES string of the molecule is CCCNc1nc(C)nc(Oc2cnn(CC)c2)c1C. The zero-order valence-corrected chi connectivity index (χ0v) is 12.5. The van der Waals surface area contributed by atoms with Gasteiger partial charge in [-0.05, 0) is 27.2 Å². The maximum Gasteiger partial charge on any atom is 0.227 e. The molecule has 0 radical (unpaired) electrons. The monoisotopic (exact) mass is 275 g/mol. The van der Waals surface area contributed by atoms with E-state index in [-0.39, 0.29) is 0 Å². The second-order valence-corrected chi connectivity index (χ2v) is 4.61. The third-order valence-corrected chi connectivity index (χ3v) is 2.90. The quantitative estimate of drug-likeness (QED) is 0.878. The van der Waals surface area contributed by atoms with Gasteiger partial charge in [-0.1, -0.05) is 6.92 Å². The fourth-order valence-electron chi connectivity index (χ4n) is 1.80. The third-order valence-electron chi connectivity index (χ3n) is 2.90. The highest BCUT2D eigenvalue weighted by Gasteiger charge is 2.11. The van der Waals surface area contributed by atoms with Crippen molar-refractivity contribution in [1.29, 1.82) is 0 Å². The van der Waals surface area contributed by atoms with Crippen LogP contribution < -0.4 is 10.1 Å². The Labute approximate surface area is 119 Å². The standard InChI is InChI=1S/C14H21N5O/c1-5-7-15-13-10(3)14(18-11(4)17-13)20-12-8-16-19(6-2)9-12/h8-9H,5-7H2,1-4H3,(H,15,17,18). The van der Waals surface area contributed by atoms with Crippen molar-refractivity contribution in [3.05, 3.63) is 23.8 Å². The molecule has 2 heterocycles. The van der Waals surface area contributed by atoms with Crippen LogP contribution in [-0.4, -0.2) is 26.3 Å². The van der Waals surface area contributed by atoms with Crippen molar-refractivity contribution in [1.82, 2.24) is 19.7 Å². The summed E-state index contributed by atoms with van der Waals surface area (Å²) >= 11 is 0. The lowest BCUT2D eigenvalue weighted by Crippen LogP contribution is -2.07. The number of anilines is 1. The van der Waals surface area contributed by atoms with Crippen LogP contribution >= 0.6 is 0 Å². The van der Waals surface area contributed by atoms with E-state index in [2.05, 4.69) is 27.3 Å². The molecule has 0 unspecified atom stereocenters. The van der Waals surface area contributed by atoms with Crippen molar-refractivity contribution in [2.75, 3.05) is 11.9 Å². The van der Waals surface area contributed by atoms with Gasteiger partial charge in [0.05, 0.1) is 18.0 Å². The molecule has 0 aliphatic rings. The first-order valence-corrected chi connectivity index (χ1v) is 6.93. The minimum absolute atomic E-state index is 0.576. The summed E-state index contributed by atoms with van der Waals surface area (Å²) in [6.45, 7) is 9.66. The summed E-state index contributed by atoms with van der Waals surface area (Å²) in [5.41, 5.74) is 0.910. The van der Waals surface area contributed by atoms with Crippen LogP contribution in [0.4, 0.5) is 5.82 Å². The lowest BCUT2D eigenvalue weighted by atomic mass is 10.3. The van der Waals surface area contributed by atoms with E-state index in [0.29, 0.717) is 17.5 Å². The van der Waals surface area contributed by atoms with Gasteiger partial charge in [-0.15, -0.1) is 0 Å². The summed E-state index contributed by atoms with van der Waals surface area (Å²) in [5, 5.41) is 7.48. The molecule has 1 N–H and O–H groups in total. The van der Waals surface area contributed by atoms with Crippen LogP contribution in [0, 0.1) is 13.8 Å². The zero-order valence-electron chi connectivity index (χ0n) is 12.5. The topological polar surface area (TPSA) is 64.9 Å². The Morgan fingerprint density at radius 1 is 1.25 bits per heavy atom. The average molecular weight is 275 g/mol. The van der Waals surface area contributed by atoms with Gasteiger partial charge in [0.25, 0.3) is 0 Å². The Morgan fingerprint density at radius 3 is 2.70 bits per heavy atom. The van der Waals surface area contributed by atoms with Gasteiger partial charge in [0.15, 0.2) is 5.75 Å². The minimum atomic E-state index is 0.576. The summed E-state index contributed by atoms with van der Waals surface area (Å²) in [7, 11) is 0. The van der Waals surface area contributed by atoms with E-state index >= 15 is 0 Å². The van der Waals surface area contributed by atoms with Crippen LogP contribution in [0.5, 0.6) is 11.6 Å². The van der Waals surface area contributed by atoms with Crippen molar-refractivity contribution in [3.8, 4) is 11.6 Å². The van der Waals surface area contributed by atoms with E-state index in [1.165, 1.54) is 0 Å². The first kappa shape index (κ1) is 14.3. The van der Waals surface area contributed by atoms with E-state index in [9.17, 15) is 0 Å². The lowest BCUT2D eigenvalue weighted by molar-refractivity contribution is 0.455. The number of nitrogens with one attached hydrogen (secondary N) is 1. The van der Waals surface area contributed by atoms with Crippen molar-refractivity contribution in [2.45, 2.75) is 40.7 Å². The van der Waals surface area contributed by atoms with Crippen molar-refractivity contribution in [3.63, 3.8) is 0 Å². The van der Waals surface area contributed by atoms with Crippen molar-refractivity contribution < 1.29 is 4.74 Å². The second kappa shape index (κ2) is 6.36. The smallest absolute Gasteiger partial charge is 0.227 e. The number of hydrogen-bond acceptors (Lipinski definition) is 5. The van der Waals surface area contributed by atoms with E-state index in [1.807, 2.05) is 31.6 Å². The molecule has 6 nitrogen and oxygen atoms in total. The molecule has 0 saturated carbocycles. The third kappa shape index (κ3) is 3.26. The van der Waals surface area contributed by atoms with Gasteiger partial charge >= 0.3 is 0 Å². The first-order valence-electron chi connectivity index (χ1n) is 6.93. The molecule has 0 atom stereocenters. The molecule has 2 rings (SSSR count). The molecule has 20 heavy (non-hydrogen) atoms. The van der Waals surface area contributed by atoms with Gasteiger partial charge in [0.2, 0.25) is 5.88 Å². The molecule has 0 spiro atoms. The predicted octanol–water partition coefficient (Wildman–Crippen LogP) is 2.92. The molecule has 0 aliphatic heterocycles. The van der Waals surface area contributed by atoms with E-state index in [0.717, 1.165) is 30.9 Å². The summed E-state index contributed by atoms with van der Waals surface area (Å²) in [4.78, 5) is 8.77. The number of nitrogens with zero attached hydrogens (tertiary/aromatic N) is 4. The van der Waals surface area contributed by atoms with Gasteiger partial charge in [0, 0.05) is 13.1 Å². The van der Waals surface area contributed by atoms with Crippen LogP contribution in [0.3, 0.4) is 0 Å². The van der Waals surface area contributed by atoms with Crippen LogP contribution in [0.15, 0.2) is 12.4 Å². The molecule has 2 aromatic heterocycles. The highest BCUT2D eigenvalue weighted by atomic mass is 16.5. The molecule has 6 heteroatoms. The average Bonchev–Trinajstić information content (AvgIpc) is 2.88. The Morgan fingerprint density at radius 2 is 2.05 bits per heavy atom. The number of aromatic nitrogens is 4. The van der Waals surface area contributed by atoms with Gasteiger partial charge in [-0.25, -0.2) is 4.98 Å². The number of hydrogen-bond donors (Lipinski definition) is 1. The molecular weight excluding hydrogens is 254 g/mol. The Balaban J connectivity index is 2.24. The molecule has 0 saturated heterocycles. The van der Waals surface area contributed by atoms with E-state index in [4.69, 9.17) is 4.74 Å². The van der Waals surface area contributed by atoms with Gasteiger partial charge in [-0.2, -0.15) is 10.1 Å². The normalized spacial score (nSPS) is 10.6. The van der Waals surface area contributed by atoms with Crippen molar-refractivity contribution in [2.24, 2.45) is 0 Å². The zero-order chi connectivity index (χ0) is 14.5. The van der Waals surface area contributed by atoms with E-state index < -0.39 is 0 Å². The minimum Gasteiger partial charge on any atom is -0.435 e. The summed E-state index contributed by atoms with van der Waals surface area (Å²) in [6.07, 6.45) is 4.59. The Hall–Kier alpha value is -2.11. The number of aryl methyl sites for hydroxylation is 2. The maximum atomic E-state index is 5.82. The molecule has 0 amide bonds. The first-order chi connectivity index (χ1) is 9.63. The lowest BCUT2D eigenvalue weighted by Gasteiger charge is -2.12. The molecular formula is C14H21N5O. The van der Waals surface area contributed by atoms with Crippen LogP contribution in [-0.2, 0) is 6.54 Å². The van der Waals surface area contributed by atoms with Crippen LogP contribution in [0.2, 0.25) is 0 Å². The summed E-state index contributed by atoms with van der Waals surface area (Å²) < 4.78 is 7.63. The van der Waals surface area contributed by atoms with Gasteiger partial charge in [0.1, 0.15) is 11.6 Å². The van der Waals surface area contributed by atoms with Crippen LogP contribution in [0.25, 0.3) is 0 Å². The number of ether oxygens (including phenoxy) is 1. The molecule has 0 aliphatic carbocycles. The highest BCUT2D eigenvalue weighted by Crippen LogP contribution is 2.26. The predicted molar refractivity (Wildman–Crippen MR) is 78.3 cm³/mol. The maximum absolute atomic E-state index is 5.82. The molecule has 0 aromatic carbocycles. The largest absolute Gasteiger partial charge is 0.435 e. The van der Waals surface area contributed by atoms with Gasteiger partial charge in [-0.3, -0.25) is 4.68 Å². The van der Waals surface area contributed by atoms with Crippen LogP contribution in [0.1, 0.15) is 31.7 Å². The van der Waals surface area contributed by atoms with Crippen molar-refractivity contribution >= 4 is 5.82 Å². The Bertz CT molecular complexity index is 579. The summed E-state index contributed by atoms with van der Waals surface area (Å²) in [5.74, 6) is 2.78. The highest BCUT2D eigenvalue weighted by molar-refractivity contribution is 5.49. The summed E-state index contributed by atoms with van der Waals surface area (Å²) in [6, 6.07) is 0. The second-order valence-electron chi connectivity index (χ2n) is 4.61. The molecule has 2 aromatic rings. The fourth-order valence-corrected chi connectivity index (χ4v) is 1.80. The molecule has 0 fully saturated rings. The Kier molecular flexibility index (Phi) is 4.55. The number of rotatable bonds is 6. The van der Waals surface area contributed by atoms with E-state index in [1.54, 1.807) is 6.20 Å². The molecule has 0 bridgehead atoms. The molecule has 108 valence electrons. The fraction of sp³-hybridized carbons (Fsp3) is 0.500. The van der Waals surface area contributed by atoms with Gasteiger partial charge < -0.3 is 10.1 Å².